The number of fused-ring (bicyclic) bond motifs is 1. The summed E-state index contributed by atoms with van der Waals surface area (Å²) in [4.78, 5) is 14.6. The van der Waals surface area contributed by atoms with Crippen molar-refractivity contribution in [1.29, 1.82) is 0 Å². The van der Waals surface area contributed by atoms with Crippen molar-refractivity contribution in [3.8, 4) is 5.75 Å². The number of amides is 1. The average molecular weight is 380 g/mol. The number of aromatic nitrogens is 4. The molecule has 3 aromatic rings. The van der Waals surface area contributed by atoms with E-state index in [2.05, 4.69) is 25.5 Å². The highest BCUT2D eigenvalue weighted by Crippen LogP contribution is 2.22. The molecule has 1 fully saturated rings. The van der Waals surface area contributed by atoms with Crippen molar-refractivity contribution in [2.75, 3.05) is 31.1 Å². The number of nitrogens with one attached hydrogen (secondary N) is 1. The molecule has 8 heteroatoms. The van der Waals surface area contributed by atoms with E-state index in [1.807, 2.05) is 43.3 Å². The van der Waals surface area contributed by atoms with Crippen LogP contribution < -0.4 is 15.0 Å². The second-order valence-corrected chi connectivity index (χ2v) is 7.04. The summed E-state index contributed by atoms with van der Waals surface area (Å²) in [6.45, 7) is 4.62. The van der Waals surface area contributed by atoms with Gasteiger partial charge in [-0.25, -0.2) is 0 Å². The van der Waals surface area contributed by atoms with Crippen LogP contribution in [0.2, 0.25) is 0 Å². The highest BCUT2D eigenvalue weighted by molar-refractivity contribution is 5.78. The summed E-state index contributed by atoms with van der Waals surface area (Å²) < 4.78 is 7.35. The lowest BCUT2D eigenvalue weighted by Gasteiger charge is -2.32. The third-order valence-corrected chi connectivity index (χ3v) is 5.00. The van der Waals surface area contributed by atoms with Crippen molar-refractivity contribution in [1.82, 2.24) is 25.1 Å². The average Bonchev–Trinajstić information content (AvgIpc) is 3.19. The van der Waals surface area contributed by atoms with Gasteiger partial charge < -0.3 is 15.0 Å². The van der Waals surface area contributed by atoms with E-state index in [1.54, 1.807) is 10.8 Å². The summed E-state index contributed by atoms with van der Waals surface area (Å²) in [6, 6.07) is 11.8. The molecular weight excluding hydrogens is 356 g/mol. The van der Waals surface area contributed by atoms with Crippen molar-refractivity contribution in [3.05, 3.63) is 48.3 Å². The standard InChI is InChI=1S/C20H24N6O2/c1-15-3-2-4-17(13-15)28-12-9-21-20(27)16-7-10-25(11-8-16)19-6-5-18-23-22-14-26(18)24-19/h2-6,13-14,16H,7-12H2,1H3,(H,21,27). The van der Waals surface area contributed by atoms with Gasteiger partial charge in [0.05, 0.1) is 6.54 Å². The molecule has 0 spiro atoms. The van der Waals surface area contributed by atoms with E-state index in [0.717, 1.165) is 48.7 Å². The number of hydrogen-bond donors (Lipinski definition) is 1. The van der Waals surface area contributed by atoms with Gasteiger partial charge in [0.1, 0.15) is 24.5 Å². The number of nitrogens with zero attached hydrogens (tertiary/aromatic N) is 5. The fourth-order valence-electron chi connectivity index (χ4n) is 3.45. The van der Waals surface area contributed by atoms with Crippen molar-refractivity contribution < 1.29 is 9.53 Å². The van der Waals surface area contributed by atoms with Crippen LogP contribution >= 0.6 is 0 Å². The largest absolute Gasteiger partial charge is 0.492 e. The summed E-state index contributed by atoms with van der Waals surface area (Å²) in [5.74, 6) is 1.86. The highest BCUT2D eigenvalue weighted by Gasteiger charge is 2.25. The number of rotatable bonds is 6. The second kappa shape index (κ2) is 8.24. The zero-order chi connectivity index (χ0) is 19.3. The molecule has 0 unspecified atom stereocenters. The molecule has 0 radical (unpaired) electrons. The Kier molecular flexibility index (Phi) is 5.36. The number of aryl methyl sites for hydroxylation is 1. The van der Waals surface area contributed by atoms with Gasteiger partial charge >= 0.3 is 0 Å². The maximum atomic E-state index is 12.4. The summed E-state index contributed by atoms with van der Waals surface area (Å²) in [5, 5.41) is 15.3. The molecule has 1 N–H and O–H groups in total. The molecule has 1 amide bonds. The maximum absolute atomic E-state index is 12.4. The van der Waals surface area contributed by atoms with Crippen LogP contribution in [0.3, 0.4) is 0 Å². The van der Waals surface area contributed by atoms with Crippen LogP contribution in [0.4, 0.5) is 5.82 Å². The lowest BCUT2D eigenvalue weighted by Crippen LogP contribution is -2.41. The monoisotopic (exact) mass is 380 g/mol. The van der Waals surface area contributed by atoms with Gasteiger partial charge in [-0.05, 0) is 49.6 Å². The van der Waals surface area contributed by atoms with Gasteiger partial charge in [0.2, 0.25) is 5.91 Å². The van der Waals surface area contributed by atoms with E-state index in [1.165, 1.54) is 0 Å². The molecule has 0 aliphatic carbocycles. The zero-order valence-corrected chi connectivity index (χ0v) is 15.9. The first kappa shape index (κ1) is 18.2. The number of ether oxygens (including phenoxy) is 1. The lowest BCUT2D eigenvalue weighted by molar-refractivity contribution is -0.125. The first-order valence-electron chi connectivity index (χ1n) is 9.58. The van der Waals surface area contributed by atoms with Gasteiger partial charge in [-0.15, -0.1) is 15.3 Å². The summed E-state index contributed by atoms with van der Waals surface area (Å²) in [5.41, 5.74) is 1.89. The quantitative estimate of drug-likeness (QED) is 0.657. The number of hydrogen-bond acceptors (Lipinski definition) is 6. The van der Waals surface area contributed by atoms with Crippen LogP contribution in [0.5, 0.6) is 5.75 Å². The molecule has 4 rings (SSSR count). The topological polar surface area (TPSA) is 84.6 Å². The molecule has 2 aromatic heterocycles. The predicted molar refractivity (Wildman–Crippen MR) is 105 cm³/mol. The number of piperidine rings is 1. The molecular formula is C20H24N6O2. The smallest absolute Gasteiger partial charge is 0.223 e. The molecule has 8 nitrogen and oxygen atoms in total. The van der Waals surface area contributed by atoms with Gasteiger partial charge in [-0.2, -0.15) is 4.52 Å². The molecule has 1 aliphatic rings. The number of benzene rings is 1. The van der Waals surface area contributed by atoms with Gasteiger partial charge in [0.15, 0.2) is 5.65 Å². The van der Waals surface area contributed by atoms with Crippen molar-refractivity contribution in [3.63, 3.8) is 0 Å². The minimum atomic E-state index is 0.0360. The fraction of sp³-hybridized carbons (Fsp3) is 0.400. The molecule has 146 valence electrons. The zero-order valence-electron chi connectivity index (χ0n) is 15.9. The highest BCUT2D eigenvalue weighted by atomic mass is 16.5. The lowest BCUT2D eigenvalue weighted by atomic mass is 9.96. The van der Waals surface area contributed by atoms with Gasteiger partial charge in [0.25, 0.3) is 0 Å². The van der Waals surface area contributed by atoms with Gasteiger partial charge in [0, 0.05) is 19.0 Å². The van der Waals surface area contributed by atoms with E-state index < -0.39 is 0 Å². The maximum Gasteiger partial charge on any atom is 0.223 e. The predicted octanol–water partition coefficient (Wildman–Crippen LogP) is 1.84. The van der Waals surface area contributed by atoms with E-state index in [4.69, 9.17) is 4.74 Å². The third-order valence-electron chi connectivity index (χ3n) is 5.00. The van der Waals surface area contributed by atoms with E-state index >= 15 is 0 Å². The molecule has 3 heterocycles. The van der Waals surface area contributed by atoms with E-state index in [0.29, 0.717) is 13.2 Å². The Morgan fingerprint density at radius 1 is 1.25 bits per heavy atom. The molecule has 0 saturated carbocycles. The minimum Gasteiger partial charge on any atom is -0.492 e. The van der Waals surface area contributed by atoms with Crippen LogP contribution in [0.25, 0.3) is 5.65 Å². The van der Waals surface area contributed by atoms with Crippen molar-refractivity contribution >= 4 is 17.4 Å². The minimum absolute atomic E-state index is 0.0360. The Hall–Kier alpha value is -3.16. The fourth-order valence-corrected chi connectivity index (χ4v) is 3.45. The van der Waals surface area contributed by atoms with Crippen molar-refractivity contribution in [2.24, 2.45) is 5.92 Å². The first-order chi connectivity index (χ1) is 13.7. The van der Waals surface area contributed by atoms with Gasteiger partial charge in [-0.3, -0.25) is 4.79 Å². The SMILES string of the molecule is Cc1cccc(OCCNC(=O)C2CCN(c3ccc4nncn4n3)CC2)c1. The molecule has 1 aliphatic heterocycles. The third kappa shape index (κ3) is 4.21. The Morgan fingerprint density at radius 2 is 2.11 bits per heavy atom. The Morgan fingerprint density at radius 3 is 2.93 bits per heavy atom. The Bertz CT molecular complexity index is 949. The molecule has 0 atom stereocenters. The van der Waals surface area contributed by atoms with E-state index in [-0.39, 0.29) is 11.8 Å². The van der Waals surface area contributed by atoms with Crippen LogP contribution in [-0.4, -0.2) is 52.0 Å². The molecule has 28 heavy (non-hydrogen) atoms. The Balaban J connectivity index is 1.21. The number of anilines is 1. The van der Waals surface area contributed by atoms with Crippen LogP contribution in [0.1, 0.15) is 18.4 Å². The van der Waals surface area contributed by atoms with E-state index in [9.17, 15) is 4.79 Å². The van der Waals surface area contributed by atoms with Crippen LogP contribution in [-0.2, 0) is 4.79 Å². The molecule has 1 saturated heterocycles. The molecule has 1 aromatic carbocycles. The van der Waals surface area contributed by atoms with Gasteiger partial charge in [-0.1, -0.05) is 12.1 Å². The summed E-state index contributed by atoms with van der Waals surface area (Å²) in [6.07, 6.45) is 3.22. The van der Waals surface area contributed by atoms with Crippen molar-refractivity contribution in [2.45, 2.75) is 19.8 Å². The Labute approximate surface area is 163 Å². The summed E-state index contributed by atoms with van der Waals surface area (Å²) >= 11 is 0. The summed E-state index contributed by atoms with van der Waals surface area (Å²) in [7, 11) is 0. The second-order valence-electron chi connectivity index (χ2n) is 7.04. The molecule has 0 bridgehead atoms. The number of carbonyl (C=O) groups is 1. The van der Waals surface area contributed by atoms with Crippen LogP contribution in [0, 0.1) is 12.8 Å². The first-order valence-corrected chi connectivity index (χ1v) is 9.58. The normalized spacial score (nSPS) is 15.0. The van der Waals surface area contributed by atoms with Crippen LogP contribution in [0.15, 0.2) is 42.7 Å². The number of carbonyl (C=O) groups excluding carboxylic acids is 1.